The van der Waals surface area contributed by atoms with E-state index in [1.54, 1.807) is 0 Å². The van der Waals surface area contributed by atoms with Crippen molar-refractivity contribution in [2.75, 3.05) is 19.7 Å². The lowest BCUT2D eigenvalue weighted by Gasteiger charge is -2.40. The zero-order valence-electron chi connectivity index (χ0n) is 12.4. The highest BCUT2D eigenvalue weighted by Crippen LogP contribution is 2.29. The van der Waals surface area contributed by atoms with Gasteiger partial charge in [-0.3, -0.25) is 9.59 Å². The van der Waals surface area contributed by atoms with E-state index in [9.17, 15) is 9.59 Å². The molecule has 0 spiro atoms. The highest BCUT2D eigenvalue weighted by Gasteiger charge is 2.39. The molecule has 1 atom stereocenters. The van der Waals surface area contributed by atoms with Crippen LogP contribution in [0.1, 0.15) is 51.9 Å². The standard InChI is InChI=1S/C15H26N2O3/c1-15(8-2-3-11-20-15)14(19)17-9-6-12(7-10-17)4-5-13(16)18/h12H,2-11H2,1H3,(H2,16,18)/t15-/m0/s1. The number of hydrogen-bond acceptors (Lipinski definition) is 3. The van der Waals surface area contributed by atoms with Crippen LogP contribution in [0.25, 0.3) is 0 Å². The Morgan fingerprint density at radius 1 is 1.30 bits per heavy atom. The number of primary amides is 1. The molecule has 2 N–H and O–H groups in total. The molecule has 2 aliphatic rings. The Bertz CT molecular complexity index is 356. The molecule has 2 heterocycles. The van der Waals surface area contributed by atoms with Gasteiger partial charge in [-0.25, -0.2) is 0 Å². The first kappa shape index (κ1) is 15.3. The fourth-order valence-corrected chi connectivity index (χ4v) is 3.21. The number of piperidine rings is 1. The molecule has 0 aromatic heterocycles. The minimum Gasteiger partial charge on any atom is -0.370 e. The van der Waals surface area contributed by atoms with E-state index in [1.807, 2.05) is 11.8 Å². The van der Waals surface area contributed by atoms with Crippen molar-refractivity contribution in [2.24, 2.45) is 11.7 Å². The number of carbonyl (C=O) groups is 2. The third-order valence-corrected chi connectivity index (χ3v) is 4.62. The second kappa shape index (κ2) is 6.57. The van der Waals surface area contributed by atoms with Crippen molar-refractivity contribution in [3.63, 3.8) is 0 Å². The van der Waals surface area contributed by atoms with Crippen LogP contribution in [0.3, 0.4) is 0 Å². The second-order valence-electron chi connectivity index (χ2n) is 6.28. The normalized spacial score (nSPS) is 28.4. The maximum absolute atomic E-state index is 12.6. The van der Waals surface area contributed by atoms with Crippen molar-refractivity contribution < 1.29 is 14.3 Å². The molecule has 2 aliphatic heterocycles. The lowest BCUT2D eigenvalue weighted by molar-refractivity contribution is -0.163. The quantitative estimate of drug-likeness (QED) is 0.848. The first-order valence-electron chi connectivity index (χ1n) is 7.73. The summed E-state index contributed by atoms with van der Waals surface area (Å²) < 4.78 is 5.73. The molecule has 114 valence electrons. The molecule has 0 unspecified atom stereocenters. The van der Waals surface area contributed by atoms with Gasteiger partial charge < -0.3 is 15.4 Å². The number of nitrogens with zero attached hydrogens (tertiary/aromatic N) is 1. The fourth-order valence-electron chi connectivity index (χ4n) is 3.21. The van der Waals surface area contributed by atoms with Crippen LogP contribution in [0.15, 0.2) is 0 Å². The van der Waals surface area contributed by atoms with E-state index >= 15 is 0 Å². The molecule has 0 aromatic rings. The first-order valence-corrected chi connectivity index (χ1v) is 7.73. The van der Waals surface area contributed by atoms with Crippen molar-refractivity contribution in [3.05, 3.63) is 0 Å². The predicted octanol–water partition coefficient (Wildman–Crippen LogP) is 1.45. The molecule has 2 fully saturated rings. The number of nitrogens with two attached hydrogens (primary N) is 1. The Labute approximate surface area is 120 Å². The van der Waals surface area contributed by atoms with Crippen LogP contribution in [0.5, 0.6) is 0 Å². The van der Waals surface area contributed by atoms with Crippen LogP contribution in [0.4, 0.5) is 0 Å². The summed E-state index contributed by atoms with van der Waals surface area (Å²) >= 11 is 0. The van der Waals surface area contributed by atoms with Gasteiger partial charge in [-0.1, -0.05) is 0 Å². The zero-order valence-corrected chi connectivity index (χ0v) is 12.4. The summed E-state index contributed by atoms with van der Waals surface area (Å²) in [5, 5.41) is 0. The topological polar surface area (TPSA) is 72.6 Å². The molecule has 5 nitrogen and oxygen atoms in total. The predicted molar refractivity (Wildman–Crippen MR) is 75.9 cm³/mol. The van der Waals surface area contributed by atoms with Crippen LogP contribution < -0.4 is 5.73 Å². The Morgan fingerprint density at radius 3 is 2.55 bits per heavy atom. The van der Waals surface area contributed by atoms with Gasteiger partial charge in [0.15, 0.2) is 0 Å². The Kier molecular flexibility index (Phi) is 5.02. The smallest absolute Gasteiger partial charge is 0.254 e. The number of rotatable bonds is 4. The van der Waals surface area contributed by atoms with Crippen LogP contribution in [-0.2, 0) is 14.3 Å². The Balaban J connectivity index is 1.81. The monoisotopic (exact) mass is 282 g/mol. The van der Waals surface area contributed by atoms with Crippen LogP contribution in [0, 0.1) is 5.92 Å². The minimum atomic E-state index is -0.613. The third kappa shape index (κ3) is 3.72. The summed E-state index contributed by atoms with van der Waals surface area (Å²) in [6.45, 7) is 4.17. The Morgan fingerprint density at radius 2 is 2.00 bits per heavy atom. The van der Waals surface area contributed by atoms with Gasteiger partial charge in [0.1, 0.15) is 5.60 Å². The molecule has 0 radical (unpaired) electrons. The summed E-state index contributed by atoms with van der Waals surface area (Å²) in [5.74, 6) is 0.434. The van der Waals surface area contributed by atoms with Crippen LogP contribution in [0.2, 0.25) is 0 Å². The van der Waals surface area contributed by atoms with Crippen molar-refractivity contribution in [3.8, 4) is 0 Å². The Hall–Kier alpha value is -1.10. The second-order valence-corrected chi connectivity index (χ2v) is 6.28. The summed E-state index contributed by atoms with van der Waals surface area (Å²) in [7, 11) is 0. The largest absolute Gasteiger partial charge is 0.370 e. The van der Waals surface area contributed by atoms with Gasteiger partial charge in [0.25, 0.3) is 5.91 Å². The number of carbonyl (C=O) groups excluding carboxylic acids is 2. The number of hydrogen-bond donors (Lipinski definition) is 1. The van der Waals surface area contributed by atoms with E-state index in [1.165, 1.54) is 0 Å². The molecule has 5 heteroatoms. The number of likely N-dealkylation sites (tertiary alicyclic amines) is 1. The lowest BCUT2D eigenvalue weighted by atomic mass is 9.89. The van der Waals surface area contributed by atoms with E-state index in [0.29, 0.717) is 18.9 Å². The maximum atomic E-state index is 12.6. The van der Waals surface area contributed by atoms with Crippen molar-refractivity contribution in [1.29, 1.82) is 0 Å². The molecular weight excluding hydrogens is 256 g/mol. The van der Waals surface area contributed by atoms with E-state index in [2.05, 4.69) is 0 Å². The molecule has 2 saturated heterocycles. The molecule has 0 aromatic carbocycles. The average molecular weight is 282 g/mol. The van der Waals surface area contributed by atoms with Crippen molar-refractivity contribution in [1.82, 2.24) is 4.90 Å². The number of amides is 2. The van der Waals surface area contributed by atoms with Crippen LogP contribution >= 0.6 is 0 Å². The van der Waals surface area contributed by atoms with Gasteiger partial charge in [0, 0.05) is 26.1 Å². The van der Waals surface area contributed by atoms with E-state index in [0.717, 1.165) is 51.6 Å². The third-order valence-electron chi connectivity index (χ3n) is 4.62. The molecule has 0 saturated carbocycles. The summed E-state index contributed by atoms with van der Waals surface area (Å²) in [4.78, 5) is 25.3. The van der Waals surface area contributed by atoms with E-state index in [-0.39, 0.29) is 11.8 Å². The van der Waals surface area contributed by atoms with Gasteiger partial charge in [0.2, 0.25) is 5.91 Å². The average Bonchev–Trinajstić information content (AvgIpc) is 2.45. The fraction of sp³-hybridized carbons (Fsp3) is 0.867. The molecule has 2 amide bonds. The van der Waals surface area contributed by atoms with Crippen molar-refractivity contribution >= 4 is 11.8 Å². The highest BCUT2D eigenvalue weighted by atomic mass is 16.5. The van der Waals surface area contributed by atoms with E-state index < -0.39 is 5.60 Å². The lowest BCUT2D eigenvalue weighted by Crippen LogP contribution is -2.52. The number of ether oxygens (including phenoxy) is 1. The molecular formula is C15H26N2O3. The minimum absolute atomic E-state index is 0.144. The summed E-state index contributed by atoms with van der Waals surface area (Å²) in [5.41, 5.74) is 4.57. The van der Waals surface area contributed by atoms with Gasteiger partial charge in [-0.15, -0.1) is 0 Å². The summed E-state index contributed by atoms with van der Waals surface area (Å²) in [6.07, 6.45) is 6.19. The highest BCUT2D eigenvalue weighted by molar-refractivity contribution is 5.85. The van der Waals surface area contributed by atoms with Crippen LogP contribution in [-0.4, -0.2) is 42.0 Å². The zero-order chi connectivity index (χ0) is 14.6. The summed E-state index contributed by atoms with van der Waals surface area (Å²) in [6, 6.07) is 0. The van der Waals surface area contributed by atoms with Gasteiger partial charge in [-0.05, 0) is 51.4 Å². The first-order chi connectivity index (χ1) is 9.51. The molecule has 20 heavy (non-hydrogen) atoms. The van der Waals surface area contributed by atoms with Gasteiger partial charge >= 0.3 is 0 Å². The van der Waals surface area contributed by atoms with E-state index in [4.69, 9.17) is 10.5 Å². The molecule has 2 rings (SSSR count). The maximum Gasteiger partial charge on any atom is 0.254 e. The molecule has 0 aliphatic carbocycles. The SMILES string of the molecule is C[C@@]1(C(=O)N2CCC(CCC(N)=O)CC2)CCCCO1. The van der Waals surface area contributed by atoms with Gasteiger partial charge in [0.05, 0.1) is 0 Å². The van der Waals surface area contributed by atoms with Gasteiger partial charge in [-0.2, -0.15) is 0 Å². The van der Waals surface area contributed by atoms with Crippen molar-refractivity contribution in [2.45, 2.75) is 57.5 Å². The molecule has 0 bridgehead atoms.